The van der Waals surface area contributed by atoms with Gasteiger partial charge in [0.15, 0.2) is 5.11 Å². The average molecular weight is 428 g/mol. The molecular weight excluding hydrogens is 402 g/mol. The number of hydrogen-bond donors (Lipinski definition) is 1. The van der Waals surface area contributed by atoms with Gasteiger partial charge in [-0.2, -0.15) is 11.3 Å². The predicted octanol–water partition coefficient (Wildman–Crippen LogP) is 3.93. The summed E-state index contributed by atoms with van der Waals surface area (Å²) < 4.78 is 5.44. The van der Waals surface area contributed by atoms with Crippen LogP contribution in [-0.4, -0.2) is 42.2 Å². The van der Waals surface area contributed by atoms with Crippen LogP contribution in [0.4, 0.5) is 5.69 Å². The van der Waals surface area contributed by atoms with E-state index in [1.807, 2.05) is 22.1 Å². The summed E-state index contributed by atoms with van der Waals surface area (Å²) in [7, 11) is 0. The second kappa shape index (κ2) is 8.26. The number of carbonyl (C=O) groups is 1. The van der Waals surface area contributed by atoms with Crippen LogP contribution in [0.5, 0.6) is 0 Å². The highest BCUT2D eigenvalue weighted by Gasteiger charge is 2.37. The molecule has 152 valence electrons. The molecule has 1 unspecified atom stereocenters. The van der Waals surface area contributed by atoms with Crippen molar-refractivity contribution >= 4 is 40.3 Å². The zero-order valence-corrected chi connectivity index (χ0v) is 18.5. The zero-order valence-electron chi connectivity index (χ0n) is 16.9. The second-order valence-corrected chi connectivity index (χ2v) is 8.61. The van der Waals surface area contributed by atoms with Crippen LogP contribution in [0.25, 0.3) is 0 Å². The fraction of sp³-hybridized carbons (Fsp3) is 0.364. The molecule has 2 aliphatic rings. The molecule has 29 heavy (non-hydrogen) atoms. The molecule has 1 aromatic carbocycles. The molecule has 0 bridgehead atoms. The Labute approximate surface area is 181 Å². The van der Waals surface area contributed by atoms with Gasteiger partial charge >= 0.3 is 0 Å². The number of thiocarbonyl (C=S) groups is 1. The molecule has 5 nitrogen and oxygen atoms in total. The normalized spacial score (nSPS) is 20.1. The predicted molar refractivity (Wildman–Crippen MR) is 121 cm³/mol. The summed E-state index contributed by atoms with van der Waals surface area (Å²) >= 11 is 7.37. The third kappa shape index (κ3) is 3.82. The molecule has 1 aromatic heterocycles. The minimum absolute atomic E-state index is 0.0471. The van der Waals surface area contributed by atoms with Crippen LogP contribution in [0, 0.1) is 13.8 Å². The van der Waals surface area contributed by atoms with Crippen molar-refractivity contribution in [3.8, 4) is 0 Å². The van der Waals surface area contributed by atoms with Gasteiger partial charge < -0.3 is 15.0 Å². The lowest BCUT2D eigenvalue weighted by Crippen LogP contribution is -2.51. The van der Waals surface area contributed by atoms with Gasteiger partial charge in [0.25, 0.3) is 5.91 Å². The van der Waals surface area contributed by atoms with Crippen LogP contribution < -0.4 is 10.2 Å². The van der Waals surface area contributed by atoms with Crippen LogP contribution in [0.3, 0.4) is 0 Å². The van der Waals surface area contributed by atoms with Crippen molar-refractivity contribution in [1.29, 1.82) is 0 Å². The first kappa shape index (κ1) is 20.1. The van der Waals surface area contributed by atoms with E-state index >= 15 is 0 Å². The topological polar surface area (TPSA) is 44.8 Å². The first-order valence-corrected chi connectivity index (χ1v) is 11.1. The van der Waals surface area contributed by atoms with E-state index in [1.165, 1.54) is 11.1 Å². The Morgan fingerprint density at radius 2 is 1.93 bits per heavy atom. The van der Waals surface area contributed by atoms with Gasteiger partial charge in [-0.25, -0.2) is 0 Å². The van der Waals surface area contributed by atoms with Gasteiger partial charge in [0.05, 0.1) is 24.8 Å². The summed E-state index contributed by atoms with van der Waals surface area (Å²) in [4.78, 5) is 17.4. The van der Waals surface area contributed by atoms with Crippen molar-refractivity contribution in [3.63, 3.8) is 0 Å². The Balaban J connectivity index is 1.81. The number of thiophene rings is 1. The molecule has 1 N–H and O–H groups in total. The standard InChI is InChI=1S/C22H25N3O2S2/c1-14-4-5-18(12-15(14)2)25-16(3)19(21(26)24-7-9-27-10-8-24)20(23-22(25)28)17-6-11-29-13-17/h4-6,11-13,20H,7-10H2,1-3H3,(H,23,28). The third-order valence-electron chi connectivity index (χ3n) is 5.64. The number of hydrogen-bond acceptors (Lipinski definition) is 4. The van der Waals surface area contributed by atoms with Gasteiger partial charge in [0.1, 0.15) is 0 Å². The summed E-state index contributed by atoms with van der Waals surface area (Å²) in [6.45, 7) is 8.55. The molecule has 7 heteroatoms. The Kier molecular flexibility index (Phi) is 5.72. The van der Waals surface area contributed by atoms with Crippen molar-refractivity contribution in [1.82, 2.24) is 10.2 Å². The van der Waals surface area contributed by atoms with Gasteiger partial charge in [0.2, 0.25) is 0 Å². The highest BCUT2D eigenvalue weighted by atomic mass is 32.1. The number of aryl methyl sites for hydroxylation is 2. The zero-order chi connectivity index (χ0) is 20.5. The minimum Gasteiger partial charge on any atom is -0.378 e. The maximum atomic E-state index is 13.6. The fourth-order valence-corrected chi connectivity index (χ4v) is 4.87. The Hall–Kier alpha value is -2.22. The monoisotopic (exact) mass is 427 g/mol. The molecule has 1 fully saturated rings. The summed E-state index contributed by atoms with van der Waals surface area (Å²) in [5.41, 5.74) is 6.08. The highest BCUT2D eigenvalue weighted by Crippen LogP contribution is 2.35. The summed E-state index contributed by atoms with van der Waals surface area (Å²) in [6, 6.07) is 8.08. The molecule has 3 heterocycles. The van der Waals surface area contributed by atoms with Crippen LogP contribution >= 0.6 is 23.6 Å². The molecule has 1 atom stereocenters. The van der Waals surface area contributed by atoms with Gasteiger partial charge in [-0.15, -0.1) is 0 Å². The van der Waals surface area contributed by atoms with E-state index in [1.54, 1.807) is 11.3 Å². The SMILES string of the molecule is CC1=C(C(=O)N2CCOCC2)C(c2ccsc2)NC(=S)N1c1ccc(C)c(C)c1. The van der Waals surface area contributed by atoms with Crippen molar-refractivity contribution in [3.05, 3.63) is 63.0 Å². The number of carbonyl (C=O) groups excluding carboxylic acids is 1. The van der Waals surface area contributed by atoms with E-state index in [-0.39, 0.29) is 11.9 Å². The smallest absolute Gasteiger partial charge is 0.254 e. The van der Waals surface area contributed by atoms with Crippen LogP contribution in [-0.2, 0) is 9.53 Å². The van der Waals surface area contributed by atoms with Crippen molar-refractivity contribution in [2.24, 2.45) is 0 Å². The lowest BCUT2D eigenvalue weighted by atomic mass is 9.95. The van der Waals surface area contributed by atoms with Crippen molar-refractivity contribution < 1.29 is 9.53 Å². The van der Waals surface area contributed by atoms with Crippen LogP contribution in [0.1, 0.15) is 29.7 Å². The van der Waals surface area contributed by atoms with Crippen LogP contribution in [0.15, 0.2) is 46.3 Å². The Morgan fingerprint density at radius 1 is 1.17 bits per heavy atom. The van der Waals surface area contributed by atoms with Gasteiger partial charge in [-0.3, -0.25) is 9.69 Å². The lowest BCUT2D eigenvalue weighted by molar-refractivity contribution is -0.131. The quantitative estimate of drug-likeness (QED) is 0.752. The van der Waals surface area contributed by atoms with Gasteiger partial charge in [-0.1, -0.05) is 6.07 Å². The van der Waals surface area contributed by atoms with E-state index in [4.69, 9.17) is 17.0 Å². The Bertz CT molecular complexity index is 962. The van der Waals surface area contributed by atoms with E-state index in [0.29, 0.717) is 31.4 Å². The molecule has 4 rings (SSSR count). The highest BCUT2D eigenvalue weighted by molar-refractivity contribution is 7.80. The number of anilines is 1. The van der Waals surface area contributed by atoms with E-state index in [0.717, 1.165) is 22.5 Å². The molecule has 0 aliphatic carbocycles. The number of allylic oxidation sites excluding steroid dienone is 1. The number of morpholine rings is 1. The number of nitrogens with zero attached hydrogens (tertiary/aromatic N) is 2. The summed E-state index contributed by atoms with van der Waals surface area (Å²) in [6.07, 6.45) is 0. The summed E-state index contributed by atoms with van der Waals surface area (Å²) in [5.74, 6) is 0.0471. The van der Waals surface area contributed by atoms with Crippen LogP contribution in [0.2, 0.25) is 0 Å². The number of rotatable bonds is 3. The third-order valence-corrected chi connectivity index (χ3v) is 6.64. The second-order valence-electron chi connectivity index (χ2n) is 7.45. The van der Waals surface area contributed by atoms with Crippen molar-refractivity contribution in [2.75, 3.05) is 31.2 Å². The molecule has 1 saturated heterocycles. The number of ether oxygens (including phenoxy) is 1. The fourth-order valence-electron chi connectivity index (χ4n) is 3.82. The van der Waals surface area contributed by atoms with Gasteiger partial charge in [-0.05, 0) is 78.6 Å². The largest absolute Gasteiger partial charge is 0.378 e. The molecule has 0 spiro atoms. The van der Waals surface area contributed by atoms with Crippen molar-refractivity contribution in [2.45, 2.75) is 26.8 Å². The van der Waals surface area contributed by atoms with E-state index in [2.05, 4.69) is 48.8 Å². The maximum Gasteiger partial charge on any atom is 0.254 e. The minimum atomic E-state index is -0.244. The Morgan fingerprint density at radius 3 is 2.59 bits per heavy atom. The lowest BCUT2D eigenvalue weighted by Gasteiger charge is -2.39. The first-order chi connectivity index (χ1) is 14.0. The first-order valence-electron chi connectivity index (χ1n) is 9.75. The molecular formula is C22H25N3O2S2. The van der Waals surface area contributed by atoms with E-state index in [9.17, 15) is 4.79 Å². The maximum absolute atomic E-state index is 13.6. The molecule has 1 amide bonds. The summed E-state index contributed by atoms with van der Waals surface area (Å²) in [5, 5.41) is 8.15. The number of nitrogens with one attached hydrogen (secondary N) is 1. The average Bonchev–Trinajstić information content (AvgIpc) is 3.25. The number of amides is 1. The van der Waals surface area contributed by atoms with E-state index < -0.39 is 0 Å². The molecule has 2 aliphatic heterocycles. The van der Waals surface area contributed by atoms with Gasteiger partial charge in [0, 0.05) is 24.5 Å². The number of benzene rings is 1. The molecule has 0 saturated carbocycles. The molecule has 0 radical (unpaired) electrons. The molecule has 2 aromatic rings.